The second-order valence-electron chi connectivity index (χ2n) is 10.4. The number of Topliss-reactive ketones (excluding diaryl/α,β-unsaturated/α-hetero) is 1. The van der Waals surface area contributed by atoms with Crippen LogP contribution in [0, 0.1) is 17.8 Å². The van der Waals surface area contributed by atoms with Gasteiger partial charge in [0, 0.05) is 35.4 Å². The molecule has 2 unspecified atom stereocenters. The molecule has 2 atom stereocenters. The van der Waals surface area contributed by atoms with Gasteiger partial charge in [-0.2, -0.15) is 0 Å². The van der Waals surface area contributed by atoms with Crippen molar-refractivity contribution >= 4 is 17.6 Å². The lowest BCUT2D eigenvalue weighted by Crippen LogP contribution is -2.22. The molecule has 34 heavy (non-hydrogen) atoms. The Labute approximate surface area is 202 Å². The van der Waals surface area contributed by atoms with Gasteiger partial charge in [-0.3, -0.25) is 9.79 Å². The first-order chi connectivity index (χ1) is 16.2. The van der Waals surface area contributed by atoms with Gasteiger partial charge < -0.3 is 4.42 Å². The minimum Gasteiger partial charge on any atom is -0.472 e. The molecule has 1 aliphatic heterocycles. The number of nitrogens with zero attached hydrogens (tertiary/aromatic N) is 1. The average Bonchev–Trinajstić information content (AvgIpc) is 3.56. The number of fused-ring (bicyclic) bond motifs is 1. The summed E-state index contributed by atoms with van der Waals surface area (Å²) in [5.74, 6) is 1.62. The number of halogens is 1. The summed E-state index contributed by atoms with van der Waals surface area (Å²) in [5.41, 5.74) is 3.58. The molecule has 1 saturated carbocycles. The van der Waals surface area contributed by atoms with Crippen LogP contribution in [0.1, 0.15) is 71.8 Å². The summed E-state index contributed by atoms with van der Waals surface area (Å²) in [6.45, 7) is 6.60. The maximum Gasteiger partial charge on any atom is 0.159 e. The van der Waals surface area contributed by atoms with Crippen molar-refractivity contribution < 1.29 is 13.6 Å². The molecule has 0 bridgehead atoms. The van der Waals surface area contributed by atoms with Gasteiger partial charge in [0.1, 0.15) is 5.67 Å². The number of carbonyl (C=O) groups excluding carboxylic acids is 1. The molecule has 0 N–H and O–H groups in total. The number of alkyl halides is 1. The third kappa shape index (κ3) is 5.48. The fourth-order valence-corrected chi connectivity index (χ4v) is 5.51. The molecule has 0 spiro atoms. The minimum absolute atomic E-state index is 0.0219. The molecule has 2 heterocycles. The Bertz CT molecular complexity index is 1070. The molecule has 1 aromatic rings. The molecule has 5 rings (SSSR count). The molecule has 1 fully saturated rings. The standard InChI is InChI=1S/C19H19FO2.C11H17N/c1-11-15(12(2)21)9-17-16(11)7-14(13-5-6-22-10-13)8-18(17)19(3,4)20;1-2-4-10(5-3-1)8-11-6-7-12-9-11/h5-10,16H,1-4H3;6-7,9-11H,1-5,8H2. The molecule has 4 heteroatoms. The smallest absolute Gasteiger partial charge is 0.159 e. The summed E-state index contributed by atoms with van der Waals surface area (Å²) < 4.78 is 19.9. The molecule has 3 nitrogen and oxygen atoms in total. The third-order valence-electron chi connectivity index (χ3n) is 7.38. The van der Waals surface area contributed by atoms with Crippen LogP contribution < -0.4 is 0 Å². The highest BCUT2D eigenvalue weighted by molar-refractivity contribution is 5.99. The lowest BCUT2D eigenvalue weighted by Gasteiger charge is -2.28. The average molecular weight is 462 g/mol. The molecule has 180 valence electrons. The van der Waals surface area contributed by atoms with E-state index in [1.165, 1.54) is 38.5 Å². The van der Waals surface area contributed by atoms with E-state index in [0.717, 1.165) is 28.2 Å². The largest absolute Gasteiger partial charge is 0.472 e. The summed E-state index contributed by atoms with van der Waals surface area (Å²) >= 11 is 0. The highest BCUT2D eigenvalue weighted by atomic mass is 19.1. The Morgan fingerprint density at radius 3 is 2.56 bits per heavy atom. The second-order valence-corrected chi connectivity index (χ2v) is 10.4. The maximum absolute atomic E-state index is 14.7. The van der Waals surface area contributed by atoms with E-state index in [2.05, 4.69) is 23.4 Å². The number of aliphatic imine (C=N–C) groups is 1. The van der Waals surface area contributed by atoms with Crippen molar-refractivity contribution in [3.63, 3.8) is 0 Å². The summed E-state index contributed by atoms with van der Waals surface area (Å²) in [6.07, 6.45) is 23.9. The van der Waals surface area contributed by atoms with Crippen LogP contribution in [0.25, 0.3) is 5.57 Å². The summed E-state index contributed by atoms with van der Waals surface area (Å²) in [7, 11) is 0. The molecular weight excluding hydrogens is 425 g/mol. The molecular formula is C30H36FNO2. The molecule has 0 amide bonds. The van der Waals surface area contributed by atoms with E-state index in [1.807, 2.05) is 31.3 Å². The van der Waals surface area contributed by atoms with Crippen LogP contribution in [0.2, 0.25) is 0 Å². The van der Waals surface area contributed by atoms with Crippen LogP contribution in [0.3, 0.4) is 0 Å². The van der Waals surface area contributed by atoms with Crippen LogP contribution in [0.5, 0.6) is 0 Å². The van der Waals surface area contributed by atoms with Gasteiger partial charge in [-0.1, -0.05) is 49.8 Å². The van der Waals surface area contributed by atoms with Gasteiger partial charge in [0.15, 0.2) is 5.78 Å². The Kier molecular flexibility index (Phi) is 7.35. The van der Waals surface area contributed by atoms with Crippen LogP contribution in [0.4, 0.5) is 4.39 Å². The highest BCUT2D eigenvalue weighted by Gasteiger charge is 2.36. The SMILES string of the molecule is C1=CC(CC2CCCCC2)C=N1.CC(=O)C1=C(C)C2C=C(c3ccoc3)C=C(C(C)(C)F)C2=C1. The first-order valence-electron chi connectivity index (χ1n) is 12.5. The zero-order valence-corrected chi connectivity index (χ0v) is 20.8. The molecule has 0 saturated heterocycles. The van der Waals surface area contributed by atoms with E-state index in [0.29, 0.717) is 17.1 Å². The van der Waals surface area contributed by atoms with Crippen LogP contribution in [-0.2, 0) is 4.79 Å². The topological polar surface area (TPSA) is 42.6 Å². The fraction of sp³-hybridized carbons (Fsp3) is 0.467. The number of rotatable bonds is 5. The van der Waals surface area contributed by atoms with Crippen molar-refractivity contribution in [2.45, 2.75) is 71.9 Å². The van der Waals surface area contributed by atoms with Crippen LogP contribution in [-0.4, -0.2) is 17.7 Å². The van der Waals surface area contributed by atoms with E-state index in [9.17, 15) is 9.18 Å². The molecule has 3 aliphatic carbocycles. The maximum atomic E-state index is 14.7. The van der Waals surface area contributed by atoms with E-state index in [4.69, 9.17) is 4.42 Å². The van der Waals surface area contributed by atoms with Crippen molar-refractivity contribution in [1.82, 2.24) is 0 Å². The van der Waals surface area contributed by atoms with E-state index < -0.39 is 5.67 Å². The number of hydrogen-bond donors (Lipinski definition) is 0. The minimum atomic E-state index is -1.47. The number of ketones is 1. The summed E-state index contributed by atoms with van der Waals surface area (Å²) in [4.78, 5) is 15.9. The van der Waals surface area contributed by atoms with E-state index >= 15 is 0 Å². The van der Waals surface area contributed by atoms with Gasteiger partial charge in [-0.15, -0.1) is 0 Å². The van der Waals surface area contributed by atoms with Gasteiger partial charge in [-0.25, -0.2) is 4.39 Å². The van der Waals surface area contributed by atoms with Gasteiger partial charge in [0.25, 0.3) is 0 Å². The number of furan rings is 1. The summed E-state index contributed by atoms with van der Waals surface area (Å²) in [5, 5.41) is 0. The van der Waals surface area contributed by atoms with Crippen molar-refractivity contribution in [1.29, 1.82) is 0 Å². The van der Waals surface area contributed by atoms with Crippen LogP contribution >= 0.6 is 0 Å². The summed E-state index contributed by atoms with van der Waals surface area (Å²) in [6, 6.07) is 1.86. The van der Waals surface area contributed by atoms with Crippen LogP contribution in [0.15, 0.2) is 80.8 Å². The number of allylic oxidation sites excluding steroid dienone is 9. The zero-order chi connectivity index (χ0) is 24.3. The molecule has 1 aromatic heterocycles. The quantitative estimate of drug-likeness (QED) is 0.446. The van der Waals surface area contributed by atoms with Crippen molar-refractivity contribution in [3.8, 4) is 0 Å². The normalized spacial score (nSPS) is 24.3. The number of hydrogen-bond acceptors (Lipinski definition) is 3. The predicted molar refractivity (Wildman–Crippen MR) is 137 cm³/mol. The Balaban J connectivity index is 0.000000192. The Morgan fingerprint density at radius 1 is 1.21 bits per heavy atom. The van der Waals surface area contributed by atoms with Gasteiger partial charge in [-0.05, 0) is 75.0 Å². The third-order valence-corrected chi connectivity index (χ3v) is 7.38. The highest BCUT2D eigenvalue weighted by Crippen LogP contribution is 2.46. The molecule has 4 aliphatic rings. The fourth-order valence-electron chi connectivity index (χ4n) is 5.51. The Hall–Kier alpha value is -2.75. The predicted octanol–water partition coefficient (Wildman–Crippen LogP) is 7.98. The molecule has 0 radical (unpaired) electrons. The first-order valence-corrected chi connectivity index (χ1v) is 12.5. The lowest BCUT2D eigenvalue weighted by atomic mass is 9.78. The van der Waals surface area contributed by atoms with Gasteiger partial charge >= 0.3 is 0 Å². The van der Waals surface area contributed by atoms with Crippen molar-refractivity contribution in [3.05, 3.63) is 77.0 Å². The van der Waals surface area contributed by atoms with Gasteiger partial charge in [0.05, 0.1) is 12.5 Å². The Morgan fingerprint density at radius 2 is 1.97 bits per heavy atom. The van der Waals surface area contributed by atoms with E-state index in [1.54, 1.807) is 33.3 Å². The second kappa shape index (κ2) is 10.2. The molecule has 0 aromatic carbocycles. The number of carbonyl (C=O) groups is 1. The van der Waals surface area contributed by atoms with E-state index in [-0.39, 0.29) is 11.7 Å². The van der Waals surface area contributed by atoms with Gasteiger partial charge in [0.2, 0.25) is 0 Å². The zero-order valence-electron chi connectivity index (χ0n) is 20.8. The first kappa shape index (κ1) is 24.4. The van der Waals surface area contributed by atoms with Crippen molar-refractivity contribution in [2.24, 2.45) is 22.7 Å². The van der Waals surface area contributed by atoms with Crippen molar-refractivity contribution in [2.75, 3.05) is 0 Å². The lowest BCUT2D eigenvalue weighted by molar-refractivity contribution is -0.113. The monoisotopic (exact) mass is 461 g/mol.